The number of rotatable bonds is 2. The Labute approximate surface area is 113 Å². The second-order valence-corrected chi connectivity index (χ2v) is 4.86. The van der Waals surface area contributed by atoms with Gasteiger partial charge in [-0.05, 0) is 38.1 Å². The number of nitrogens with one attached hydrogen (secondary N) is 1. The van der Waals surface area contributed by atoms with Crippen molar-refractivity contribution < 1.29 is 18.4 Å². The summed E-state index contributed by atoms with van der Waals surface area (Å²) < 4.78 is 31.4. The summed E-state index contributed by atoms with van der Waals surface area (Å²) in [6.07, 6.45) is 0.901. The van der Waals surface area contributed by atoms with Gasteiger partial charge >= 0.3 is 0 Å². The van der Waals surface area contributed by atoms with Crippen molar-refractivity contribution in [3.63, 3.8) is 0 Å². The highest BCUT2D eigenvalue weighted by Gasteiger charge is 2.37. The molecule has 2 N–H and O–H groups in total. The van der Waals surface area contributed by atoms with Gasteiger partial charge in [0.05, 0.1) is 0 Å². The van der Waals surface area contributed by atoms with Gasteiger partial charge in [0.25, 0.3) is 5.89 Å². The molecule has 0 unspecified atom stereocenters. The van der Waals surface area contributed by atoms with Crippen LogP contribution in [-0.2, 0) is 5.60 Å². The fourth-order valence-electron chi connectivity index (χ4n) is 2.27. The third kappa shape index (κ3) is 2.41. The zero-order valence-corrected chi connectivity index (χ0v) is 10.6. The lowest BCUT2D eigenvalue weighted by Crippen LogP contribution is -2.39. The van der Waals surface area contributed by atoms with Gasteiger partial charge in [0.2, 0.25) is 5.82 Å². The standard InChI is InChI=1S/C13H13F2N3O2/c14-9-5-8(6-10(15)7-9)11-17-12(20-18-11)13(19)1-3-16-4-2-13/h5-7,16,19H,1-4H2. The Balaban J connectivity index is 1.93. The Morgan fingerprint density at radius 2 is 1.80 bits per heavy atom. The Morgan fingerprint density at radius 3 is 2.45 bits per heavy atom. The molecule has 0 saturated carbocycles. The predicted octanol–water partition coefficient (Wildman–Crippen LogP) is 1.59. The SMILES string of the molecule is OC1(c2nc(-c3cc(F)cc(F)c3)no2)CCNCC1. The Hall–Kier alpha value is -1.86. The number of halogens is 2. The number of aliphatic hydroxyl groups is 1. The van der Waals surface area contributed by atoms with Crippen molar-refractivity contribution in [1.29, 1.82) is 0 Å². The van der Waals surface area contributed by atoms with E-state index in [1.807, 2.05) is 0 Å². The van der Waals surface area contributed by atoms with Crippen molar-refractivity contribution in [3.8, 4) is 11.4 Å². The van der Waals surface area contributed by atoms with Crippen LogP contribution in [0.25, 0.3) is 11.4 Å². The average Bonchev–Trinajstić information content (AvgIpc) is 2.89. The summed E-state index contributed by atoms with van der Waals surface area (Å²) in [6.45, 7) is 1.28. The van der Waals surface area contributed by atoms with Crippen molar-refractivity contribution in [2.75, 3.05) is 13.1 Å². The fourth-order valence-corrected chi connectivity index (χ4v) is 2.27. The summed E-state index contributed by atoms with van der Waals surface area (Å²) in [6, 6.07) is 3.00. The number of piperidine rings is 1. The smallest absolute Gasteiger partial charge is 0.259 e. The van der Waals surface area contributed by atoms with E-state index in [1.165, 1.54) is 0 Å². The van der Waals surface area contributed by atoms with Crippen LogP contribution < -0.4 is 5.32 Å². The largest absolute Gasteiger partial charge is 0.380 e. The molecule has 1 aliphatic heterocycles. The molecule has 0 amide bonds. The lowest BCUT2D eigenvalue weighted by molar-refractivity contribution is -0.0228. The van der Waals surface area contributed by atoms with Crippen LogP contribution in [0.2, 0.25) is 0 Å². The maximum Gasteiger partial charge on any atom is 0.259 e. The normalized spacial score (nSPS) is 18.1. The molecule has 0 spiro atoms. The van der Waals surface area contributed by atoms with Crippen molar-refractivity contribution >= 4 is 0 Å². The minimum absolute atomic E-state index is 0.0605. The van der Waals surface area contributed by atoms with Crippen LogP contribution in [0.1, 0.15) is 18.7 Å². The van der Waals surface area contributed by atoms with Gasteiger partial charge in [0.15, 0.2) is 0 Å². The van der Waals surface area contributed by atoms with Crippen molar-refractivity contribution in [2.24, 2.45) is 0 Å². The molecule has 2 aromatic rings. The van der Waals surface area contributed by atoms with Crippen LogP contribution in [0.3, 0.4) is 0 Å². The van der Waals surface area contributed by atoms with Crippen LogP contribution >= 0.6 is 0 Å². The number of aromatic nitrogens is 2. The molecular formula is C13H13F2N3O2. The molecule has 1 aromatic heterocycles. The van der Waals surface area contributed by atoms with Crippen LogP contribution in [0, 0.1) is 11.6 Å². The van der Waals surface area contributed by atoms with E-state index in [1.54, 1.807) is 0 Å². The maximum absolute atomic E-state index is 13.2. The second kappa shape index (κ2) is 4.92. The molecule has 0 radical (unpaired) electrons. The molecule has 20 heavy (non-hydrogen) atoms. The van der Waals surface area contributed by atoms with Gasteiger partial charge in [-0.3, -0.25) is 0 Å². The molecule has 106 valence electrons. The van der Waals surface area contributed by atoms with Crippen molar-refractivity contribution in [3.05, 3.63) is 35.7 Å². The fraction of sp³-hybridized carbons (Fsp3) is 0.385. The average molecular weight is 281 g/mol. The van der Waals surface area contributed by atoms with E-state index in [-0.39, 0.29) is 17.3 Å². The van der Waals surface area contributed by atoms with Crippen molar-refractivity contribution in [1.82, 2.24) is 15.5 Å². The number of hydrogen-bond donors (Lipinski definition) is 2. The van der Waals surface area contributed by atoms with Gasteiger partial charge in [0.1, 0.15) is 17.2 Å². The molecule has 2 heterocycles. The monoisotopic (exact) mass is 281 g/mol. The second-order valence-electron chi connectivity index (χ2n) is 4.86. The third-order valence-corrected chi connectivity index (χ3v) is 3.38. The first-order chi connectivity index (χ1) is 9.57. The topological polar surface area (TPSA) is 71.2 Å². The van der Waals surface area contributed by atoms with E-state index in [2.05, 4.69) is 15.5 Å². The van der Waals surface area contributed by atoms with Crippen LogP contribution in [-0.4, -0.2) is 28.3 Å². The van der Waals surface area contributed by atoms with Crippen LogP contribution in [0.15, 0.2) is 22.7 Å². The van der Waals surface area contributed by atoms with Crippen molar-refractivity contribution in [2.45, 2.75) is 18.4 Å². The molecule has 7 heteroatoms. The minimum Gasteiger partial charge on any atom is -0.380 e. The molecule has 3 rings (SSSR count). The van der Waals surface area contributed by atoms with E-state index >= 15 is 0 Å². The molecule has 0 aliphatic carbocycles. The lowest BCUT2D eigenvalue weighted by atomic mass is 9.92. The maximum atomic E-state index is 13.2. The summed E-state index contributed by atoms with van der Waals surface area (Å²) in [7, 11) is 0. The van der Waals surface area contributed by atoms with Gasteiger partial charge in [-0.2, -0.15) is 4.98 Å². The van der Waals surface area contributed by atoms with Crippen LogP contribution in [0.5, 0.6) is 0 Å². The first-order valence-electron chi connectivity index (χ1n) is 6.31. The van der Waals surface area contributed by atoms with E-state index in [0.717, 1.165) is 18.2 Å². The minimum atomic E-state index is -1.18. The van der Waals surface area contributed by atoms with Crippen LogP contribution in [0.4, 0.5) is 8.78 Å². The molecule has 0 bridgehead atoms. The molecular weight excluding hydrogens is 268 g/mol. The summed E-state index contributed by atoms with van der Waals surface area (Å²) in [5.74, 6) is -1.29. The summed E-state index contributed by atoms with van der Waals surface area (Å²) in [4.78, 5) is 4.07. The van der Waals surface area contributed by atoms with Gasteiger partial charge in [0, 0.05) is 11.6 Å². The van der Waals surface area contributed by atoms with Gasteiger partial charge in [-0.25, -0.2) is 8.78 Å². The highest BCUT2D eigenvalue weighted by Crippen LogP contribution is 2.30. The van der Waals surface area contributed by atoms with E-state index in [4.69, 9.17) is 4.52 Å². The van der Waals surface area contributed by atoms with Gasteiger partial charge in [-0.1, -0.05) is 5.16 Å². The molecule has 1 fully saturated rings. The molecule has 0 atom stereocenters. The summed E-state index contributed by atoms with van der Waals surface area (Å²) in [5.41, 5.74) is -1.00. The highest BCUT2D eigenvalue weighted by molar-refractivity contribution is 5.54. The summed E-state index contributed by atoms with van der Waals surface area (Å²) in [5, 5.41) is 17.2. The number of hydrogen-bond acceptors (Lipinski definition) is 5. The molecule has 5 nitrogen and oxygen atoms in total. The van der Waals surface area contributed by atoms with E-state index < -0.39 is 17.2 Å². The molecule has 1 aliphatic rings. The quantitative estimate of drug-likeness (QED) is 0.874. The Bertz CT molecular complexity index is 604. The number of nitrogens with zero attached hydrogens (tertiary/aromatic N) is 2. The Kier molecular flexibility index (Phi) is 3.23. The summed E-state index contributed by atoms with van der Waals surface area (Å²) >= 11 is 0. The zero-order chi connectivity index (χ0) is 14.2. The first kappa shape index (κ1) is 13.1. The number of benzene rings is 1. The predicted molar refractivity (Wildman–Crippen MR) is 65.7 cm³/mol. The lowest BCUT2D eigenvalue weighted by Gasteiger charge is -2.28. The highest BCUT2D eigenvalue weighted by atomic mass is 19.1. The first-order valence-corrected chi connectivity index (χ1v) is 6.31. The van der Waals surface area contributed by atoms with Gasteiger partial charge in [-0.15, -0.1) is 0 Å². The van der Waals surface area contributed by atoms with E-state index in [9.17, 15) is 13.9 Å². The molecule has 1 aromatic carbocycles. The van der Waals surface area contributed by atoms with E-state index in [0.29, 0.717) is 25.9 Å². The zero-order valence-electron chi connectivity index (χ0n) is 10.6. The Morgan fingerprint density at radius 1 is 1.15 bits per heavy atom. The van der Waals surface area contributed by atoms with Gasteiger partial charge < -0.3 is 14.9 Å². The third-order valence-electron chi connectivity index (χ3n) is 3.38. The molecule has 1 saturated heterocycles.